The van der Waals surface area contributed by atoms with E-state index in [1.54, 1.807) is 0 Å². The quantitative estimate of drug-likeness (QED) is 0.787. The zero-order chi connectivity index (χ0) is 10.8. The normalized spacial score (nSPS) is 25.7. The van der Waals surface area contributed by atoms with Crippen LogP contribution in [0.4, 0.5) is 0 Å². The van der Waals surface area contributed by atoms with Crippen LogP contribution in [0.25, 0.3) is 0 Å². The molecule has 5 nitrogen and oxygen atoms in total. The molecule has 0 amide bonds. The van der Waals surface area contributed by atoms with Crippen LogP contribution >= 0.6 is 0 Å². The summed E-state index contributed by atoms with van der Waals surface area (Å²) in [7, 11) is 0. The largest absolute Gasteiger partial charge is 0.481 e. The van der Waals surface area contributed by atoms with E-state index in [0.29, 0.717) is 6.42 Å². The standard InChI is InChI=1S/C10H15N3O2/c1-2-8-11-9(13-12-8)6-3-4-7(5-6)10(14)15/h6-7H,2-5H2,1H3,(H,14,15)(H,11,12,13). The lowest BCUT2D eigenvalue weighted by atomic mass is 10.0. The molecule has 1 saturated carbocycles. The molecule has 0 aromatic carbocycles. The van der Waals surface area contributed by atoms with Gasteiger partial charge in [-0.3, -0.25) is 9.89 Å². The molecule has 1 aliphatic rings. The first-order valence-corrected chi connectivity index (χ1v) is 5.34. The molecule has 1 aromatic heterocycles. The minimum Gasteiger partial charge on any atom is -0.481 e. The van der Waals surface area contributed by atoms with E-state index in [1.165, 1.54) is 0 Å². The lowest BCUT2D eigenvalue weighted by molar-refractivity contribution is -0.141. The Hall–Kier alpha value is -1.39. The highest BCUT2D eigenvalue weighted by Gasteiger charge is 2.32. The molecule has 2 atom stereocenters. The third-order valence-electron chi connectivity index (χ3n) is 3.03. The molecular formula is C10H15N3O2. The third kappa shape index (κ3) is 2.00. The zero-order valence-electron chi connectivity index (χ0n) is 8.73. The topological polar surface area (TPSA) is 78.9 Å². The fourth-order valence-corrected chi connectivity index (χ4v) is 2.09. The first-order valence-electron chi connectivity index (χ1n) is 5.34. The Kier molecular flexibility index (Phi) is 2.70. The van der Waals surface area contributed by atoms with Crippen LogP contribution in [0, 0.1) is 5.92 Å². The van der Waals surface area contributed by atoms with Gasteiger partial charge in [0.15, 0.2) is 5.82 Å². The van der Waals surface area contributed by atoms with Gasteiger partial charge in [0, 0.05) is 12.3 Å². The first-order chi connectivity index (χ1) is 7.20. The number of hydrogen-bond acceptors (Lipinski definition) is 3. The maximum absolute atomic E-state index is 10.8. The van der Waals surface area contributed by atoms with Crippen molar-refractivity contribution in [2.75, 3.05) is 0 Å². The van der Waals surface area contributed by atoms with Crippen molar-refractivity contribution in [2.45, 2.75) is 38.5 Å². The second-order valence-corrected chi connectivity index (χ2v) is 4.04. The number of carboxylic acid groups (broad SMARTS) is 1. The molecule has 5 heteroatoms. The molecule has 0 spiro atoms. The number of carbonyl (C=O) groups is 1. The van der Waals surface area contributed by atoms with Crippen LogP contribution in [0.15, 0.2) is 0 Å². The van der Waals surface area contributed by atoms with Gasteiger partial charge in [0.2, 0.25) is 0 Å². The van der Waals surface area contributed by atoms with E-state index >= 15 is 0 Å². The Morgan fingerprint density at radius 1 is 1.60 bits per heavy atom. The van der Waals surface area contributed by atoms with Crippen molar-refractivity contribution in [3.8, 4) is 0 Å². The molecule has 2 unspecified atom stereocenters. The Bertz CT molecular complexity index is 361. The van der Waals surface area contributed by atoms with Gasteiger partial charge in [-0.2, -0.15) is 5.10 Å². The van der Waals surface area contributed by atoms with Gasteiger partial charge in [-0.1, -0.05) is 6.92 Å². The van der Waals surface area contributed by atoms with E-state index in [9.17, 15) is 4.79 Å². The van der Waals surface area contributed by atoms with E-state index in [0.717, 1.165) is 30.9 Å². The number of nitrogens with zero attached hydrogens (tertiary/aromatic N) is 2. The van der Waals surface area contributed by atoms with Crippen molar-refractivity contribution in [1.29, 1.82) is 0 Å². The summed E-state index contributed by atoms with van der Waals surface area (Å²) in [6, 6.07) is 0. The van der Waals surface area contributed by atoms with Gasteiger partial charge in [0.05, 0.1) is 5.92 Å². The van der Waals surface area contributed by atoms with E-state index in [-0.39, 0.29) is 11.8 Å². The SMILES string of the molecule is CCc1nc(C2CCC(C(=O)O)C2)n[nH]1. The fraction of sp³-hybridized carbons (Fsp3) is 0.700. The average Bonchev–Trinajstić information content (AvgIpc) is 2.86. The second-order valence-electron chi connectivity index (χ2n) is 4.04. The number of aromatic nitrogens is 3. The maximum atomic E-state index is 10.8. The fourth-order valence-electron chi connectivity index (χ4n) is 2.09. The minimum atomic E-state index is -0.691. The predicted octanol–water partition coefficient (Wildman–Crippen LogP) is 1.34. The van der Waals surface area contributed by atoms with Crippen LogP contribution in [-0.2, 0) is 11.2 Å². The molecule has 2 rings (SSSR count). The number of hydrogen-bond donors (Lipinski definition) is 2. The molecule has 0 radical (unpaired) electrons. The lowest BCUT2D eigenvalue weighted by Gasteiger charge is -2.03. The van der Waals surface area contributed by atoms with Crippen LogP contribution in [0.5, 0.6) is 0 Å². The molecule has 1 aromatic rings. The predicted molar refractivity (Wildman–Crippen MR) is 53.5 cm³/mol. The summed E-state index contributed by atoms with van der Waals surface area (Å²) in [4.78, 5) is 15.1. The van der Waals surface area contributed by atoms with Crippen LogP contribution in [0.1, 0.15) is 43.8 Å². The van der Waals surface area contributed by atoms with Gasteiger partial charge in [0.25, 0.3) is 0 Å². The average molecular weight is 209 g/mol. The molecule has 1 heterocycles. The summed E-state index contributed by atoms with van der Waals surface area (Å²) in [5.41, 5.74) is 0. The van der Waals surface area contributed by atoms with Crippen molar-refractivity contribution in [3.63, 3.8) is 0 Å². The number of aliphatic carboxylic acids is 1. The van der Waals surface area contributed by atoms with E-state index in [4.69, 9.17) is 5.11 Å². The van der Waals surface area contributed by atoms with Gasteiger partial charge in [-0.05, 0) is 19.3 Å². The molecular weight excluding hydrogens is 194 g/mol. The summed E-state index contributed by atoms with van der Waals surface area (Å²) in [6.07, 6.45) is 3.15. The number of nitrogens with one attached hydrogen (secondary N) is 1. The number of aryl methyl sites for hydroxylation is 1. The Morgan fingerprint density at radius 2 is 2.40 bits per heavy atom. The highest BCUT2D eigenvalue weighted by Crippen LogP contribution is 2.36. The Balaban J connectivity index is 2.04. The summed E-state index contributed by atoms with van der Waals surface area (Å²) in [5, 5.41) is 15.9. The number of H-pyrrole nitrogens is 1. The monoisotopic (exact) mass is 209 g/mol. The molecule has 1 fully saturated rings. The van der Waals surface area contributed by atoms with Gasteiger partial charge in [0.1, 0.15) is 5.82 Å². The molecule has 0 bridgehead atoms. The summed E-state index contributed by atoms with van der Waals surface area (Å²) in [5.74, 6) is 0.990. The van der Waals surface area contributed by atoms with Gasteiger partial charge >= 0.3 is 5.97 Å². The summed E-state index contributed by atoms with van der Waals surface area (Å²) >= 11 is 0. The van der Waals surface area contributed by atoms with Crippen molar-refractivity contribution < 1.29 is 9.90 Å². The van der Waals surface area contributed by atoms with E-state index in [1.807, 2.05) is 6.92 Å². The Morgan fingerprint density at radius 3 is 2.93 bits per heavy atom. The van der Waals surface area contributed by atoms with Crippen LogP contribution in [0.2, 0.25) is 0 Å². The van der Waals surface area contributed by atoms with Gasteiger partial charge in [-0.15, -0.1) is 0 Å². The molecule has 0 aliphatic heterocycles. The first kappa shape index (κ1) is 10.1. The lowest BCUT2D eigenvalue weighted by Crippen LogP contribution is -2.09. The smallest absolute Gasteiger partial charge is 0.306 e. The van der Waals surface area contributed by atoms with Crippen LogP contribution in [0.3, 0.4) is 0 Å². The van der Waals surface area contributed by atoms with Crippen molar-refractivity contribution in [2.24, 2.45) is 5.92 Å². The van der Waals surface area contributed by atoms with Crippen molar-refractivity contribution >= 4 is 5.97 Å². The van der Waals surface area contributed by atoms with Gasteiger partial charge in [-0.25, -0.2) is 4.98 Å². The highest BCUT2D eigenvalue weighted by molar-refractivity contribution is 5.70. The Labute approximate surface area is 87.9 Å². The second kappa shape index (κ2) is 4.00. The van der Waals surface area contributed by atoms with E-state index < -0.39 is 5.97 Å². The molecule has 0 saturated heterocycles. The van der Waals surface area contributed by atoms with E-state index in [2.05, 4.69) is 15.2 Å². The summed E-state index contributed by atoms with van der Waals surface area (Å²) in [6.45, 7) is 2.01. The minimum absolute atomic E-state index is 0.210. The molecule has 15 heavy (non-hydrogen) atoms. The summed E-state index contributed by atoms with van der Waals surface area (Å²) < 4.78 is 0. The van der Waals surface area contributed by atoms with Crippen molar-refractivity contribution in [1.82, 2.24) is 15.2 Å². The maximum Gasteiger partial charge on any atom is 0.306 e. The van der Waals surface area contributed by atoms with Crippen molar-refractivity contribution in [3.05, 3.63) is 11.6 Å². The van der Waals surface area contributed by atoms with Crippen LogP contribution in [-0.4, -0.2) is 26.3 Å². The number of carboxylic acids is 1. The van der Waals surface area contributed by atoms with Gasteiger partial charge < -0.3 is 5.11 Å². The third-order valence-corrected chi connectivity index (χ3v) is 3.03. The van der Waals surface area contributed by atoms with Crippen LogP contribution < -0.4 is 0 Å². The molecule has 2 N–H and O–H groups in total. The zero-order valence-corrected chi connectivity index (χ0v) is 8.73. The number of rotatable bonds is 3. The highest BCUT2D eigenvalue weighted by atomic mass is 16.4. The number of aromatic amines is 1. The molecule has 1 aliphatic carbocycles. The molecule has 82 valence electrons.